The Morgan fingerprint density at radius 1 is 1.07 bits per heavy atom. The number of amides is 3. The molecule has 0 bridgehead atoms. The van der Waals surface area contributed by atoms with Gasteiger partial charge in [0.2, 0.25) is 21.8 Å². The van der Waals surface area contributed by atoms with Gasteiger partial charge in [0.05, 0.1) is 11.4 Å². The highest BCUT2D eigenvalue weighted by molar-refractivity contribution is 7.89. The molecular weight excluding hydrogens is 408 g/mol. The minimum absolute atomic E-state index is 0.0615. The van der Waals surface area contributed by atoms with Gasteiger partial charge in [-0.3, -0.25) is 14.4 Å². The summed E-state index contributed by atoms with van der Waals surface area (Å²) in [6, 6.07) is 10.7. The van der Waals surface area contributed by atoms with Crippen molar-refractivity contribution in [3.05, 3.63) is 53.6 Å². The summed E-state index contributed by atoms with van der Waals surface area (Å²) in [6.07, 6.45) is 0. The van der Waals surface area contributed by atoms with Crippen molar-refractivity contribution < 1.29 is 22.8 Å². The molecule has 3 amide bonds. The highest BCUT2D eigenvalue weighted by atomic mass is 32.2. The summed E-state index contributed by atoms with van der Waals surface area (Å²) in [5, 5.41) is 8.01. The first-order valence-corrected chi connectivity index (χ1v) is 10.7. The van der Waals surface area contributed by atoms with Crippen LogP contribution in [0, 0.1) is 6.92 Å². The number of sulfonamides is 1. The molecule has 0 radical (unpaired) electrons. The second kappa shape index (κ2) is 8.64. The van der Waals surface area contributed by atoms with Crippen molar-refractivity contribution >= 4 is 39.1 Å². The molecule has 2 aromatic carbocycles. The van der Waals surface area contributed by atoms with Gasteiger partial charge in [0.15, 0.2) is 0 Å². The number of benzene rings is 2. The Labute approximate surface area is 174 Å². The van der Waals surface area contributed by atoms with E-state index in [2.05, 4.69) is 16.0 Å². The number of nitrogens with one attached hydrogen (secondary N) is 3. The van der Waals surface area contributed by atoms with Gasteiger partial charge in [-0.15, -0.1) is 0 Å². The molecule has 1 heterocycles. The summed E-state index contributed by atoms with van der Waals surface area (Å²) in [6.45, 7) is 3.29. The van der Waals surface area contributed by atoms with E-state index in [0.29, 0.717) is 16.9 Å². The fraction of sp³-hybridized carbons (Fsp3) is 0.250. The fourth-order valence-electron chi connectivity index (χ4n) is 3.06. The molecule has 0 spiro atoms. The smallest absolute Gasteiger partial charge is 0.255 e. The van der Waals surface area contributed by atoms with Crippen molar-refractivity contribution in [2.45, 2.75) is 18.7 Å². The molecule has 1 fully saturated rings. The third-order valence-electron chi connectivity index (χ3n) is 4.63. The van der Waals surface area contributed by atoms with E-state index in [1.807, 2.05) is 0 Å². The number of carbonyl (C=O) groups excluding carboxylic acids is 3. The predicted molar refractivity (Wildman–Crippen MR) is 112 cm³/mol. The van der Waals surface area contributed by atoms with E-state index in [1.165, 1.54) is 31.2 Å². The van der Waals surface area contributed by atoms with Crippen LogP contribution in [0.15, 0.2) is 47.4 Å². The minimum atomic E-state index is -3.91. The van der Waals surface area contributed by atoms with Crippen molar-refractivity contribution in [3.8, 4) is 0 Å². The first-order valence-electron chi connectivity index (χ1n) is 9.24. The van der Waals surface area contributed by atoms with Crippen LogP contribution in [0.25, 0.3) is 0 Å². The van der Waals surface area contributed by atoms with Crippen LogP contribution < -0.4 is 16.0 Å². The number of nitrogens with zero attached hydrogens (tertiary/aromatic N) is 1. The number of rotatable bonds is 5. The van der Waals surface area contributed by atoms with Gasteiger partial charge in [0.25, 0.3) is 5.91 Å². The standard InChI is InChI=1S/C20H22N4O5S/c1-13-17(22-14(2)25)7-4-8-18(13)23-20(27)15-5-3-6-16(11-15)30(28,29)24-10-9-21-19(26)12-24/h3-8,11H,9-10,12H2,1-2H3,(H,21,26)(H,22,25)(H,23,27). The van der Waals surface area contributed by atoms with Gasteiger partial charge in [-0.25, -0.2) is 8.42 Å². The maximum Gasteiger partial charge on any atom is 0.255 e. The molecule has 3 N–H and O–H groups in total. The van der Waals surface area contributed by atoms with Crippen molar-refractivity contribution in [3.63, 3.8) is 0 Å². The average molecular weight is 430 g/mol. The van der Waals surface area contributed by atoms with Crippen LogP contribution in [0.1, 0.15) is 22.8 Å². The van der Waals surface area contributed by atoms with Gasteiger partial charge in [0.1, 0.15) is 0 Å². The minimum Gasteiger partial charge on any atom is -0.354 e. The van der Waals surface area contributed by atoms with Gasteiger partial charge in [-0.05, 0) is 42.8 Å². The molecule has 1 aliphatic heterocycles. The van der Waals surface area contributed by atoms with Gasteiger partial charge >= 0.3 is 0 Å². The Morgan fingerprint density at radius 2 is 1.73 bits per heavy atom. The number of piperazine rings is 1. The zero-order valence-electron chi connectivity index (χ0n) is 16.6. The summed E-state index contributed by atoms with van der Waals surface area (Å²) in [7, 11) is -3.91. The van der Waals surface area contributed by atoms with Crippen LogP contribution in [0.2, 0.25) is 0 Å². The number of hydrogen-bond acceptors (Lipinski definition) is 5. The average Bonchev–Trinajstić information content (AvgIpc) is 2.70. The molecule has 0 unspecified atom stereocenters. The lowest BCUT2D eigenvalue weighted by Gasteiger charge is -2.26. The summed E-state index contributed by atoms with van der Waals surface area (Å²) in [5.74, 6) is -1.09. The van der Waals surface area contributed by atoms with Gasteiger partial charge in [0, 0.05) is 37.0 Å². The third kappa shape index (κ3) is 4.66. The lowest BCUT2D eigenvalue weighted by Crippen LogP contribution is -2.49. The van der Waals surface area contributed by atoms with Gasteiger partial charge < -0.3 is 16.0 Å². The topological polar surface area (TPSA) is 125 Å². The number of anilines is 2. The first kappa shape index (κ1) is 21.5. The zero-order valence-corrected chi connectivity index (χ0v) is 17.4. The Morgan fingerprint density at radius 3 is 2.40 bits per heavy atom. The molecule has 1 saturated heterocycles. The van der Waals surface area contributed by atoms with Crippen molar-refractivity contribution in [1.29, 1.82) is 0 Å². The van der Waals surface area contributed by atoms with E-state index in [4.69, 9.17) is 0 Å². The summed E-state index contributed by atoms with van der Waals surface area (Å²) < 4.78 is 26.8. The summed E-state index contributed by atoms with van der Waals surface area (Å²) >= 11 is 0. The number of carbonyl (C=O) groups is 3. The van der Waals surface area contributed by atoms with E-state index < -0.39 is 15.9 Å². The quantitative estimate of drug-likeness (QED) is 0.660. The Hall–Kier alpha value is -3.24. The van der Waals surface area contributed by atoms with E-state index in [-0.39, 0.29) is 41.9 Å². The van der Waals surface area contributed by atoms with Crippen LogP contribution in [0.5, 0.6) is 0 Å². The van der Waals surface area contributed by atoms with E-state index in [1.54, 1.807) is 25.1 Å². The maximum absolute atomic E-state index is 12.8. The highest BCUT2D eigenvalue weighted by Crippen LogP contribution is 2.24. The lowest BCUT2D eigenvalue weighted by atomic mass is 10.1. The number of hydrogen-bond donors (Lipinski definition) is 3. The van der Waals surface area contributed by atoms with Crippen LogP contribution in [0.3, 0.4) is 0 Å². The van der Waals surface area contributed by atoms with E-state index in [0.717, 1.165) is 4.31 Å². The molecule has 158 valence electrons. The van der Waals surface area contributed by atoms with E-state index >= 15 is 0 Å². The summed E-state index contributed by atoms with van der Waals surface area (Å²) in [4.78, 5) is 35.5. The summed E-state index contributed by atoms with van der Waals surface area (Å²) in [5.41, 5.74) is 1.89. The molecule has 2 aromatic rings. The van der Waals surface area contributed by atoms with Crippen molar-refractivity contribution in [2.75, 3.05) is 30.3 Å². The fourth-order valence-corrected chi connectivity index (χ4v) is 4.50. The molecule has 10 heteroatoms. The third-order valence-corrected chi connectivity index (χ3v) is 6.47. The molecule has 0 atom stereocenters. The Kier molecular flexibility index (Phi) is 6.18. The maximum atomic E-state index is 12.8. The molecule has 9 nitrogen and oxygen atoms in total. The lowest BCUT2D eigenvalue weighted by molar-refractivity contribution is -0.122. The van der Waals surface area contributed by atoms with E-state index in [9.17, 15) is 22.8 Å². The molecule has 0 saturated carbocycles. The molecule has 30 heavy (non-hydrogen) atoms. The molecule has 0 aliphatic carbocycles. The monoisotopic (exact) mass is 430 g/mol. The largest absolute Gasteiger partial charge is 0.354 e. The molecular formula is C20H22N4O5S. The zero-order chi connectivity index (χ0) is 21.9. The Bertz CT molecular complexity index is 1110. The molecule has 1 aliphatic rings. The second-order valence-electron chi connectivity index (χ2n) is 6.83. The van der Waals surface area contributed by atoms with Gasteiger partial charge in [-0.1, -0.05) is 12.1 Å². The highest BCUT2D eigenvalue weighted by Gasteiger charge is 2.29. The molecule has 0 aromatic heterocycles. The van der Waals surface area contributed by atoms with Crippen LogP contribution in [-0.2, 0) is 19.6 Å². The van der Waals surface area contributed by atoms with Crippen LogP contribution in [-0.4, -0.2) is 50.1 Å². The SMILES string of the molecule is CC(=O)Nc1cccc(NC(=O)c2cccc(S(=O)(=O)N3CCNC(=O)C3)c2)c1C. The van der Waals surface area contributed by atoms with Crippen LogP contribution in [0.4, 0.5) is 11.4 Å². The second-order valence-corrected chi connectivity index (χ2v) is 8.77. The Balaban J connectivity index is 1.83. The van der Waals surface area contributed by atoms with Crippen molar-refractivity contribution in [2.24, 2.45) is 0 Å². The van der Waals surface area contributed by atoms with Crippen LogP contribution >= 0.6 is 0 Å². The predicted octanol–water partition coefficient (Wildman–Crippen LogP) is 1.33. The van der Waals surface area contributed by atoms with Crippen molar-refractivity contribution in [1.82, 2.24) is 9.62 Å². The molecule has 3 rings (SSSR count). The normalized spacial score (nSPS) is 14.7. The van der Waals surface area contributed by atoms with Gasteiger partial charge in [-0.2, -0.15) is 4.31 Å². The first-order chi connectivity index (χ1) is 14.2.